The zero-order valence-corrected chi connectivity index (χ0v) is 17.2. The molecular weight excluding hydrogens is 395 g/mol. The number of fused-ring (bicyclic) bond motifs is 1. The lowest BCUT2D eigenvalue weighted by molar-refractivity contribution is 0.897. The lowest BCUT2D eigenvalue weighted by Gasteiger charge is -2.20. The van der Waals surface area contributed by atoms with E-state index < -0.39 is 0 Å². The Hall–Kier alpha value is -2.07. The van der Waals surface area contributed by atoms with E-state index in [0.29, 0.717) is 10.0 Å². The molecule has 27 heavy (non-hydrogen) atoms. The maximum absolute atomic E-state index is 6.13. The van der Waals surface area contributed by atoms with Gasteiger partial charge in [0.25, 0.3) is 0 Å². The number of anilines is 1. The van der Waals surface area contributed by atoms with E-state index in [0.717, 1.165) is 29.9 Å². The molecule has 0 aliphatic carbocycles. The van der Waals surface area contributed by atoms with Crippen LogP contribution in [-0.2, 0) is 0 Å². The van der Waals surface area contributed by atoms with Crippen molar-refractivity contribution in [3.8, 4) is 10.4 Å². The van der Waals surface area contributed by atoms with Gasteiger partial charge < -0.3 is 4.90 Å². The Balaban J connectivity index is 1.70. The first-order valence-corrected chi connectivity index (χ1v) is 10.3. The molecule has 1 aliphatic heterocycles. The van der Waals surface area contributed by atoms with Gasteiger partial charge in [0.1, 0.15) is 0 Å². The summed E-state index contributed by atoms with van der Waals surface area (Å²) in [6.45, 7) is 1.66. The summed E-state index contributed by atoms with van der Waals surface area (Å²) in [4.78, 5) is 8.35. The van der Waals surface area contributed by atoms with Crippen molar-refractivity contribution < 1.29 is 0 Å². The summed E-state index contributed by atoms with van der Waals surface area (Å²) in [5.41, 5.74) is 5.58. The summed E-state index contributed by atoms with van der Waals surface area (Å²) < 4.78 is 0. The highest BCUT2D eigenvalue weighted by Gasteiger charge is 2.16. The lowest BCUT2D eigenvalue weighted by atomic mass is 10.0. The van der Waals surface area contributed by atoms with E-state index >= 15 is 0 Å². The highest BCUT2D eigenvalue weighted by atomic mass is 35.5. The molecule has 0 spiro atoms. The van der Waals surface area contributed by atoms with Crippen molar-refractivity contribution in [3.05, 3.63) is 81.2 Å². The Labute approximate surface area is 173 Å². The molecule has 0 unspecified atom stereocenters. The molecule has 3 aromatic rings. The smallest absolute Gasteiger partial charge is 0.0668 e. The highest BCUT2D eigenvalue weighted by molar-refractivity contribution is 7.13. The minimum atomic E-state index is 0.558. The molecule has 136 valence electrons. The van der Waals surface area contributed by atoms with Crippen molar-refractivity contribution >= 4 is 52.0 Å². The van der Waals surface area contributed by atoms with Gasteiger partial charge in [0, 0.05) is 29.7 Å². The number of halogens is 2. The minimum absolute atomic E-state index is 0.558. The molecule has 0 bridgehead atoms. The zero-order chi connectivity index (χ0) is 18.8. The van der Waals surface area contributed by atoms with Crippen molar-refractivity contribution in [1.82, 2.24) is 0 Å². The number of nitrogens with zero attached hydrogens (tertiary/aromatic N) is 2. The number of rotatable bonds is 3. The van der Waals surface area contributed by atoms with Crippen LogP contribution in [0.2, 0.25) is 10.0 Å². The number of allylic oxidation sites excluding steroid dienone is 1. The van der Waals surface area contributed by atoms with E-state index in [9.17, 15) is 0 Å². The molecule has 2 heterocycles. The summed E-state index contributed by atoms with van der Waals surface area (Å²) >= 11 is 13.9. The molecule has 0 amide bonds. The molecule has 0 radical (unpaired) electrons. The van der Waals surface area contributed by atoms with E-state index in [1.54, 1.807) is 11.3 Å². The van der Waals surface area contributed by atoms with Gasteiger partial charge in [-0.2, -0.15) is 0 Å². The average molecular weight is 413 g/mol. The number of benzodiazepines with no additional fused rings is 1. The van der Waals surface area contributed by atoms with Gasteiger partial charge in [-0.25, -0.2) is 0 Å². The van der Waals surface area contributed by atoms with Crippen LogP contribution in [0.3, 0.4) is 0 Å². The Morgan fingerprint density at radius 2 is 1.93 bits per heavy atom. The number of hydrogen-bond acceptors (Lipinski definition) is 3. The normalized spacial score (nSPS) is 14.2. The second kappa shape index (κ2) is 7.89. The molecular formula is C22H18Cl2N2S. The Morgan fingerprint density at radius 1 is 1.04 bits per heavy atom. The maximum atomic E-state index is 6.13. The third-order valence-corrected chi connectivity index (χ3v) is 6.24. The van der Waals surface area contributed by atoms with Crippen molar-refractivity contribution in [2.24, 2.45) is 4.99 Å². The van der Waals surface area contributed by atoms with E-state index in [2.05, 4.69) is 53.7 Å². The van der Waals surface area contributed by atoms with Crippen molar-refractivity contribution in [1.29, 1.82) is 0 Å². The van der Waals surface area contributed by atoms with Crippen molar-refractivity contribution in [3.63, 3.8) is 0 Å². The van der Waals surface area contributed by atoms with Gasteiger partial charge in [-0.15, -0.1) is 11.3 Å². The monoisotopic (exact) mass is 412 g/mol. The van der Waals surface area contributed by atoms with Gasteiger partial charge in [-0.3, -0.25) is 4.99 Å². The fourth-order valence-corrected chi connectivity index (χ4v) is 4.15. The molecule has 2 aromatic carbocycles. The molecule has 1 aliphatic rings. The molecule has 4 rings (SSSR count). The summed E-state index contributed by atoms with van der Waals surface area (Å²) in [7, 11) is 2.12. The summed E-state index contributed by atoms with van der Waals surface area (Å²) in [5.74, 6) is 0. The highest BCUT2D eigenvalue weighted by Crippen LogP contribution is 2.32. The summed E-state index contributed by atoms with van der Waals surface area (Å²) in [5, 5.41) is 3.23. The van der Waals surface area contributed by atoms with Gasteiger partial charge in [-0.1, -0.05) is 53.5 Å². The van der Waals surface area contributed by atoms with Gasteiger partial charge in [0.05, 0.1) is 22.3 Å². The molecule has 5 heteroatoms. The fraction of sp³-hybridized carbons (Fsp3) is 0.136. The van der Waals surface area contributed by atoms with Crippen LogP contribution in [0.4, 0.5) is 5.69 Å². The average Bonchev–Trinajstić information content (AvgIpc) is 3.16. The minimum Gasteiger partial charge on any atom is -0.372 e. The Kier molecular flexibility index (Phi) is 5.35. The largest absolute Gasteiger partial charge is 0.372 e. The van der Waals surface area contributed by atoms with E-state index in [1.807, 2.05) is 24.3 Å². The van der Waals surface area contributed by atoms with Crippen LogP contribution in [0.25, 0.3) is 16.5 Å². The van der Waals surface area contributed by atoms with Crippen molar-refractivity contribution in [2.45, 2.75) is 0 Å². The molecule has 2 nitrogen and oxygen atoms in total. The first kappa shape index (κ1) is 18.3. The van der Waals surface area contributed by atoms with E-state index in [-0.39, 0.29) is 0 Å². The molecule has 0 N–H and O–H groups in total. The first-order chi connectivity index (χ1) is 13.1. The SMILES string of the molecule is CN1CCN=C(/C=C/c2ccc(Cl)c(Cl)c2)c2ccc(-c3cccs3)cc21. The predicted molar refractivity (Wildman–Crippen MR) is 120 cm³/mol. The number of benzene rings is 2. The number of aliphatic imine (C=N–C) groups is 1. The van der Waals surface area contributed by atoms with E-state index in [4.69, 9.17) is 28.2 Å². The van der Waals surface area contributed by atoms with Gasteiger partial charge in [0.2, 0.25) is 0 Å². The van der Waals surface area contributed by atoms with Gasteiger partial charge in [-0.05, 0) is 46.8 Å². The summed E-state index contributed by atoms with van der Waals surface area (Å²) in [6.07, 6.45) is 4.09. The quantitative estimate of drug-likeness (QED) is 0.468. The third kappa shape index (κ3) is 3.96. The van der Waals surface area contributed by atoms with Crippen LogP contribution < -0.4 is 4.90 Å². The van der Waals surface area contributed by atoms with Crippen LogP contribution in [0.15, 0.2) is 65.0 Å². The second-order valence-corrected chi connectivity index (χ2v) is 8.17. The Bertz CT molecular complexity index is 1020. The number of thiophene rings is 1. The number of hydrogen-bond donors (Lipinski definition) is 0. The Morgan fingerprint density at radius 3 is 2.70 bits per heavy atom. The molecule has 1 aromatic heterocycles. The fourth-order valence-electron chi connectivity index (χ4n) is 3.12. The second-order valence-electron chi connectivity index (χ2n) is 6.40. The summed E-state index contributed by atoms with van der Waals surface area (Å²) in [6, 6.07) is 16.5. The molecule has 0 saturated carbocycles. The third-order valence-electron chi connectivity index (χ3n) is 4.59. The molecule has 0 fully saturated rings. The first-order valence-electron chi connectivity index (χ1n) is 8.69. The zero-order valence-electron chi connectivity index (χ0n) is 14.8. The topological polar surface area (TPSA) is 15.6 Å². The van der Waals surface area contributed by atoms with Crippen LogP contribution in [0.5, 0.6) is 0 Å². The van der Waals surface area contributed by atoms with Crippen molar-refractivity contribution in [2.75, 3.05) is 25.0 Å². The maximum Gasteiger partial charge on any atom is 0.0668 e. The van der Waals surface area contributed by atoms with Crippen LogP contribution in [0, 0.1) is 0 Å². The molecule has 0 saturated heterocycles. The number of likely N-dealkylation sites (N-methyl/N-ethyl adjacent to an activating group) is 1. The van der Waals surface area contributed by atoms with Crippen LogP contribution in [0.1, 0.15) is 11.1 Å². The standard InChI is InChI=1S/C22H18Cl2N2S/c1-26-11-10-25-20(9-5-15-4-8-18(23)19(24)13-15)17-7-6-16(14-21(17)26)22-3-2-12-27-22/h2-9,12-14H,10-11H2,1H3/b9-5+. The van der Waals surface area contributed by atoms with Gasteiger partial charge >= 0.3 is 0 Å². The van der Waals surface area contributed by atoms with Crippen LogP contribution >= 0.6 is 34.5 Å². The molecule has 0 atom stereocenters. The predicted octanol–water partition coefficient (Wildman–Crippen LogP) is 6.67. The van der Waals surface area contributed by atoms with Gasteiger partial charge in [0.15, 0.2) is 0 Å². The van der Waals surface area contributed by atoms with Crippen LogP contribution in [-0.4, -0.2) is 25.8 Å². The lowest BCUT2D eigenvalue weighted by Crippen LogP contribution is -2.20. The van der Waals surface area contributed by atoms with E-state index in [1.165, 1.54) is 16.1 Å².